The molecule has 0 aliphatic rings. The summed E-state index contributed by atoms with van der Waals surface area (Å²) < 4.78 is 1.67. The molecule has 2 aromatic carbocycles. The lowest BCUT2D eigenvalue weighted by atomic mass is 10.1. The van der Waals surface area contributed by atoms with Gasteiger partial charge in [0.05, 0.1) is 17.8 Å². The molecule has 0 radical (unpaired) electrons. The molecule has 0 bridgehead atoms. The van der Waals surface area contributed by atoms with E-state index in [1.165, 1.54) is 5.56 Å². The highest BCUT2D eigenvalue weighted by Gasteiger charge is 2.21. The van der Waals surface area contributed by atoms with Crippen molar-refractivity contribution in [1.82, 2.24) is 9.78 Å². The van der Waals surface area contributed by atoms with E-state index < -0.39 is 0 Å². The van der Waals surface area contributed by atoms with Crippen molar-refractivity contribution in [2.45, 2.75) is 34.2 Å². The molecule has 0 saturated heterocycles. The van der Waals surface area contributed by atoms with Gasteiger partial charge in [-0.1, -0.05) is 53.6 Å². The molecule has 3 rings (SSSR count). The van der Waals surface area contributed by atoms with Crippen LogP contribution in [0.3, 0.4) is 0 Å². The smallest absolute Gasteiger partial charge is 0.260 e. The van der Waals surface area contributed by atoms with Crippen molar-refractivity contribution in [1.29, 1.82) is 0 Å². The predicted octanol–water partition coefficient (Wildman–Crippen LogP) is 5.07. The van der Waals surface area contributed by atoms with Gasteiger partial charge in [-0.15, -0.1) is 0 Å². The molecule has 0 aliphatic heterocycles. The van der Waals surface area contributed by atoms with Gasteiger partial charge in [0, 0.05) is 5.69 Å². The molecule has 0 spiro atoms. The lowest BCUT2D eigenvalue weighted by molar-refractivity contribution is 0.102. The fourth-order valence-corrected chi connectivity index (χ4v) is 3.17. The minimum Gasteiger partial charge on any atom is -0.322 e. The number of hydrogen-bond donors (Lipinski definition) is 1. The molecule has 1 heterocycles. The van der Waals surface area contributed by atoms with Gasteiger partial charge in [0.2, 0.25) is 0 Å². The minimum absolute atomic E-state index is 0.239. The van der Waals surface area contributed by atoms with E-state index in [1.54, 1.807) is 11.6 Å². The third kappa shape index (κ3) is 3.65. The van der Waals surface area contributed by atoms with Gasteiger partial charge in [-0.05, 0) is 50.5 Å². The molecule has 0 fully saturated rings. The molecule has 4 nitrogen and oxygen atoms in total. The molecule has 0 saturated carbocycles. The first-order valence-electron chi connectivity index (χ1n) is 8.53. The summed E-state index contributed by atoms with van der Waals surface area (Å²) in [5.41, 5.74) is 6.27. The Bertz CT molecular complexity index is 958. The zero-order chi connectivity index (χ0) is 18.8. The van der Waals surface area contributed by atoms with Crippen molar-refractivity contribution in [2.75, 3.05) is 5.32 Å². The summed E-state index contributed by atoms with van der Waals surface area (Å²) in [4.78, 5) is 12.8. The molecule has 3 aromatic rings. The first kappa shape index (κ1) is 18.2. The molecule has 0 atom stereocenters. The Kier molecular flexibility index (Phi) is 5.14. The second-order valence-corrected chi connectivity index (χ2v) is 6.95. The number of nitrogens with zero attached hydrogens (tertiary/aromatic N) is 2. The van der Waals surface area contributed by atoms with Gasteiger partial charge in [0.15, 0.2) is 0 Å². The normalized spacial score (nSPS) is 10.8. The van der Waals surface area contributed by atoms with E-state index in [4.69, 9.17) is 11.6 Å². The number of aromatic nitrogens is 2. The topological polar surface area (TPSA) is 46.9 Å². The largest absolute Gasteiger partial charge is 0.322 e. The summed E-state index contributed by atoms with van der Waals surface area (Å²) in [5, 5.41) is 7.76. The van der Waals surface area contributed by atoms with Crippen LogP contribution in [0, 0.1) is 27.7 Å². The highest BCUT2D eigenvalue weighted by molar-refractivity contribution is 6.33. The first-order valence-corrected chi connectivity index (χ1v) is 8.90. The Morgan fingerprint density at radius 3 is 2.46 bits per heavy atom. The Morgan fingerprint density at radius 1 is 1.08 bits per heavy atom. The van der Waals surface area contributed by atoms with Crippen LogP contribution in [-0.2, 0) is 6.54 Å². The Morgan fingerprint density at radius 2 is 1.77 bits per heavy atom. The zero-order valence-electron chi connectivity index (χ0n) is 15.4. The molecule has 134 valence electrons. The fraction of sp³-hybridized carbons (Fsp3) is 0.238. The molecule has 1 amide bonds. The van der Waals surface area contributed by atoms with Crippen LogP contribution in [0.1, 0.15) is 38.3 Å². The number of amides is 1. The molecular weight excluding hydrogens is 346 g/mol. The maximum Gasteiger partial charge on any atom is 0.260 e. The summed E-state index contributed by atoms with van der Waals surface area (Å²) in [6.45, 7) is 8.37. The Hall–Kier alpha value is -2.59. The maximum absolute atomic E-state index is 12.8. The summed E-state index contributed by atoms with van der Waals surface area (Å²) in [6.07, 6.45) is 0. The van der Waals surface area contributed by atoms with Crippen LogP contribution in [0.5, 0.6) is 0 Å². The third-order valence-electron chi connectivity index (χ3n) is 4.60. The van der Waals surface area contributed by atoms with Gasteiger partial charge in [-0.25, -0.2) is 4.68 Å². The third-order valence-corrected chi connectivity index (χ3v) is 4.98. The van der Waals surface area contributed by atoms with E-state index in [1.807, 2.05) is 63.2 Å². The molecule has 1 N–H and O–H groups in total. The molecule has 0 unspecified atom stereocenters. The Balaban J connectivity index is 1.86. The highest BCUT2D eigenvalue weighted by atomic mass is 35.5. The van der Waals surface area contributed by atoms with Crippen LogP contribution in [0.25, 0.3) is 0 Å². The van der Waals surface area contributed by atoms with E-state index in [2.05, 4.69) is 10.4 Å². The summed E-state index contributed by atoms with van der Waals surface area (Å²) in [5.74, 6) is -0.239. The fourth-order valence-electron chi connectivity index (χ4n) is 2.85. The summed E-state index contributed by atoms with van der Waals surface area (Å²) in [6, 6.07) is 14.0. The van der Waals surface area contributed by atoms with Gasteiger partial charge in [0.1, 0.15) is 5.15 Å². The second-order valence-electron chi connectivity index (χ2n) is 6.60. The van der Waals surface area contributed by atoms with Crippen molar-refractivity contribution < 1.29 is 4.79 Å². The first-order chi connectivity index (χ1) is 12.4. The summed E-state index contributed by atoms with van der Waals surface area (Å²) >= 11 is 6.48. The second kappa shape index (κ2) is 7.34. The molecule has 5 heteroatoms. The monoisotopic (exact) mass is 367 g/mol. The molecule has 0 aliphatic carbocycles. The average Bonchev–Trinajstić information content (AvgIpc) is 2.87. The van der Waals surface area contributed by atoms with Crippen LogP contribution in [0.4, 0.5) is 5.69 Å². The quantitative estimate of drug-likeness (QED) is 0.699. The van der Waals surface area contributed by atoms with Crippen LogP contribution in [-0.4, -0.2) is 15.7 Å². The maximum atomic E-state index is 12.8. The van der Waals surface area contributed by atoms with Crippen LogP contribution < -0.4 is 5.32 Å². The SMILES string of the molecule is Cc1ccc(Cn2nc(C)c(C(=O)Nc3cccc(C)c3C)c2Cl)cc1. The predicted molar refractivity (Wildman–Crippen MR) is 106 cm³/mol. The number of aryl methyl sites for hydroxylation is 3. The van der Waals surface area contributed by atoms with Crippen LogP contribution in [0.15, 0.2) is 42.5 Å². The van der Waals surface area contributed by atoms with Crippen LogP contribution >= 0.6 is 11.6 Å². The number of benzene rings is 2. The van der Waals surface area contributed by atoms with Crippen molar-refractivity contribution in [3.05, 3.63) is 81.1 Å². The van der Waals surface area contributed by atoms with Crippen LogP contribution in [0.2, 0.25) is 5.15 Å². The van der Waals surface area contributed by atoms with Crippen molar-refractivity contribution in [2.24, 2.45) is 0 Å². The number of rotatable bonds is 4. The number of halogens is 1. The molecule has 26 heavy (non-hydrogen) atoms. The number of anilines is 1. The standard InChI is InChI=1S/C21H22ClN3O/c1-13-8-10-17(11-9-13)12-25-20(22)19(16(4)24-25)21(26)23-18-7-5-6-14(2)15(18)3/h5-11H,12H2,1-4H3,(H,23,26). The van der Waals surface area contributed by atoms with Gasteiger partial charge in [-0.3, -0.25) is 4.79 Å². The minimum atomic E-state index is -0.239. The molecular formula is C21H22ClN3O. The number of carbonyl (C=O) groups is 1. The lowest BCUT2D eigenvalue weighted by Gasteiger charge is -2.10. The van der Waals surface area contributed by atoms with Gasteiger partial charge < -0.3 is 5.32 Å². The van der Waals surface area contributed by atoms with E-state index in [-0.39, 0.29) is 5.91 Å². The van der Waals surface area contributed by atoms with E-state index in [9.17, 15) is 4.79 Å². The number of nitrogens with one attached hydrogen (secondary N) is 1. The van der Waals surface area contributed by atoms with Gasteiger partial charge in [0.25, 0.3) is 5.91 Å². The zero-order valence-corrected chi connectivity index (χ0v) is 16.2. The van der Waals surface area contributed by atoms with E-state index >= 15 is 0 Å². The van der Waals surface area contributed by atoms with Gasteiger partial charge in [-0.2, -0.15) is 5.10 Å². The van der Waals surface area contributed by atoms with E-state index in [0.29, 0.717) is 23.0 Å². The van der Waals surface area contributed by atoms with Crippen molar-refractivity contribution >= 4 is 23.2 Å². The number of carbonyl (C=O) groups excluding carboxylic acids is 1. The van der Waals surface area contributed by atoms with Gasteiger partial charge >= 0.3 is 0 Å². The molecule has 1 aromatic heterocycles. The summed E-state index contributed by atoms with van der Waals surface area (Å²) in [7, 11) is 0. The average molecular weight is 368 g/mol. The Labute approximate surface area is 158 Å². The van der Waals surface area contributed by atoms with Crippen molar-refractivity contribution in [3.8, 4) is 0 Å². The van der Waals surface area contributed by atoms with Crippen molar-refractivity contribution in [3.63, 3.8) is 0 Å². The number of hydrogen-bond acceptors (Lipinski definition) is 2. The lowest BCUT2D eigenvalue weighted by Crippen LogP contribution is -2.14. The highest BCUT2D eigenvalue weighted by Crippen LogP contribution is 2.24. The van der Waals surface area contributed by atoms with E-state index in [0.717, 1.165) is 22.4 Å².